The van der Waals surface area contributed by atoms with Gasteiger partial charge in [-0.3, -0.25) is 0 Å². The van der Waals surface area contributed by atoms with Crippen LogP contribution in [-0.2, 0) is 6.42 Å². The third kappa shape index (κ3) is 3.02. The maximum atomic E-state index is 2.56. The van der Waals surface area contributed by atoms with Gasteiger partial charge in [0, 0.05) is 12.2 Å². The Morgan fingerprint density at radius 1 is 1.05 bits per heavy atom. The number of hydrogen-bond acceptors (Lipinski definition) is 1. The van der Waals surface area contributed by atoms with Crippen molar-refractivity contribution in [2.24, 2.45) is 0 Å². The minimum absolute atomic E-state index is 0.451. The lowest BCUT2D eigenvalue weighted by atomic mass is 9.90. The molecule has 0 aliphatic carbocycles. The molecular formula is C20H23N. The van der Waals surface area contributed by atoms with Gasteiger partial charge in [-0.2, -0.15) is 0 Å². The van der Waals surface area contributed by atoms with Gasteiger partial charge in [-0.05, 0) is 49.9 Å². The fourth-order valence-corrected chi connectivity index (χ4v) is 3.18. The first-order valence-corrected chi connectivity index (χ1v) is 7.78. The van der Waals surface area contributed by atoms with Gasteiger partial charge in [0.15, 0.2) is 0 Å². The van der Waals surface area contributed by atoms with Crippen molar-refractivity contribution in [3.05, 3.63) is 77.4 Å². The van der Waals surface area contributed by atoms with Crippen LogP contribution in [0.4, 0.5) is 5.69 Å². The Labute approximate surface area is 127 Å². The Bertz CT molecular complexity index is 623. The van der Waals surface area contributed by atoms with Crippen LogP contribution in [0.5, 0.6) is 0 Å². The number of rotatable bonds is 3. The van der Waals surface area contributed by atoms with Crippen LogP contribution in [0.15, 0.2) is 66.2 Å². The molecule has 0 spiro atoms. The SMILES string of the molecule is CC(C)=CCC1c2ccccc2CCN1c1ccccc1. The second kappa shape index (κ2) is 6.17. The van der Waals surface area contributed by atoms with Gasteiger partial charge in [-0.15, -0.1) is 0 Å². The fraction of sp³-hybridized carbons (Fsp3) is 0.300. The second-order valence-electron chi connectivity index (χ2n) is 6.01. The zero-order valence-corrected chi connectivity index (χ0v) is 12.9. The maximum Gasteiger partial charge on any atom is 0.0579 e. The zero-order chi connectivity index (χ0) is 14.7. The van der Waals surface area contributed by atoms with E-state index < -0.39 is 0 Å². The summed E-state index contributed by atoms with van der Waals surface area (Å²) in [4.78, 5) is 2.56. The molecule has 1 aliphatic rings. The Morgan fingerprint density at radius 3 is 2.52 bits per heavy atom. The van der Waals surface area contributed by atoms with E-state index in [1.807, 2.05) is 0 Å². The summed E-state index contributed by atoms with van der Waals surface area (Å²) in [7, 11) is 0. The van der Waals surface area contributed by atoms with E-state index in [9.17, 15) is 0 Å². The average Bonchev–Trinajstić information content (AvgIpc) is 2.53. The maximum absolute atomic E-state index is 2.56. The van der Waals surface area contributed by atoms with Gasteiger partial charge < -0.3 is 4.90 Å². The van der Waals surface area contributed by atoms with Crippen molar-refractivity contribution in [2.45, 2.75) is 32.7 Å². The highest BCUT2D eigenvalue weighted by Gasteiger charge is 2.26. The third-order valence-corrected chi connectivity index (χ3v) is 4.25. The van der Waals surface area contributed by atoms with Gasteiger partial charge in [0.05, 0.1) is 6.04 Å². The molecule has 3 rings (SSSR count). The molecule has 2 aromatic rings. The lowest BCUT2D eigenvalue weighted by Crippen LogP contribution is -2.35. The van der Waals surface area contributed by atoms with E-state index in [1.165, 1.54) is 22.4 Å². The lowest BCUT2D eigenvalue weighted by molar-refractivity contribution is 0.587. The van der Waals surface area contributed by atoms with Gasteiger partial charge in [-0.1, -0.05) is 54.1 Å². The lowest BCUT2D eigenvalue weighted by Gasteiger charge is -2.39. The summed E-state index contributed by atoms with van der Waals surface area (Å²) in [5, 5.41) is 0. The molecule has 1 aliphatic heterocycles. The van der Waals surface area contributed by atoms with E-state index in [0.717, 1.165) is 19.4 Å². The molecule has 1 heteroatoms. The number of para-hydroxylation sites is 1. The number of allylic oxidation sites excluding steroid dienone is 1. The van der Waals surface area contributed by atoms with E-state index in [1.54, 1.807) is 0 Å². The van der Waals surface area contributed by atoms with Crippen molar-refractivity contribution in [3.63, 3.8) is 0 Å². The molecule has 0 aromatic heterocycles. The van der Waals surface area contributed by atoms with Crippen LogP contribution >= 0.6 is 0 Å². The van der Waals surface area contributed by atoms with Crippen LogP contribution < -0.4 is 4.90 Å². The Hall–Kier alpha value is -2.02. The Balaban J connectivity index is 1.99. The van der Waals surface area contributed by atoms with Crippen molar-refractivity contribution < 1.29 is 0 Å². The highest BCUT2D eigenvalue weighted by molar-refractivity contribution is 5.52. The summed E-state index contributed by atoms with van der Waals surface area (Å²) in [6, 6.07) is 20.2. The van der Waals surface area contributed by atoms with Gasteiger partial charge in [0.2, 0.25) is 0 Å². The Morgan fingerprint density at radius 2 is 1.76 bits per heavy atom. The van der Waals surface area contributed by atoms with Crippen molar-refractivity contribution >= 4 is 5.69 Å². The van der Waals surface area contributed by atoms with Crippen molar-refractivity contribution in [2.75, 3.05) is 11.4 Å². The minimum Gasteiger partial charge on any atom is -0.364 e. The standard InChI is InChI=1S/C20H23N/c1-16(2)12-13-20-19-11-7-6-8-17(19)14-15-21(20)18-9-4-3-5-10-18/h3-12,20H,13-15H2,1-2H3. The summed E-state index contributed by atoms with van der Waals surface area (Å²) < 4.78 is 0. The van der Waals surface area contributed by atoms with Gasteiger partial charge in [0.25, 0.3) is 0 Å². The summed E-state index contributed by atoms with van der Waals surface area (Å²) in [6.07, 6.45) is 4.58. The molecule has 1 unspecified atom stereocenters. The monoisotopic (exact) mass is 277 g/mol. The smallest absolute Gasteiger partial charge is 0.0579 e. The molecular weight excluding hydrogens is 254 g/mol. The molecule has 1 atom stereocenters. The summed E-state index contributed by atoms with van der Waals surface area (Å²) >= 11 is 0. The highest BCUT2D eigenvalue weighted by atomic mass is 15.2. The fourth-order valence-electron chi connectivity index (χ4n) is 3.18. The first-order chi connectivity index (χ1) is 10.3. The highest BCUT2D eigenvalue weighted by Crippen LogP contribution is 2.36. The van der Waals surface area contributed by atoms with Crippen molar-refractivity contribution in [3.8, 4) is 0 Å². The van der Waals surface area contributed by atoms with Gasteiger partial charge in [-0.25, -0.2) is 0 Å². The molecule has 21 heavy (non-hydrogen) atoms. The molecule has 1 heterocycles. The quantitative estimate of drug-likeness (QED) is 0.702. The van der Waals surface area contributed by atoms with E-state index in [2.05, 4.69) is 79.4 Å². The molecule has 2 aromatic carbocycles. The normalized spacial score (nSPS) is 17.2. The van der Waals surface area contributed by atoms with Crippen LogP contribution in [0.3, 0.4) is 0 Å². The molecule has 0 saturated carbocycles. The summed E-state index contributed by atoms with van der Waals surface area (Å²) in [6.45, 7) is 5.46. The first kappa shape index (κ1) is 13.9. The molecule has 0 radical (unpaired) electrons. The molecule has 0 amide bonds. The predicted octanol–water partition coefficient (Wildman–Crippen LogP) is 5.15. The van der Waals surface area contributed by atoms with E-state index in [4.69, 9.17) is 0 Å². The van der Waals surface area contributed by atoms with E-state index >= 15 is 0 Å². The number of hydrogen-bond donors (Lipinski definition) is 0. The van der Waals surface area contributed by atoms with E-state index in [-0.39, 0.29) is 0 Å². The third-order valence-electron chi connectivity index (χ3n) is 4.25. The van der Waals surface area contributed by atoms with Gasteiger partial charge >= 0.3 is 0 Å². The summed E-state index contributed by atoms with van der Waals surface area (Å²) in [5.74, 6) is 0. The van der Waals surface area contributed by atoms with Gasteiger partial charge in [0.1, 0.15) is 0 Å². The van der Waals surface area contributed by atoms with Crippen LogP contribution in [0.1, 0.15) is 37.4 Å². The number of nitrogens with zero attached hydrogens (tertiary/aromatic N) is 1. The molecule has 108 valence electrons. The number of benzene rings is 2. The first-order valence-electron chi connectivity index (χ1n) is 7.78. The molecule has 0 saturated heterocycles. The summed E-state index contributed by atoms with van der Waals surface area (Å²) in [5.41, 5.74) is 5.73. The molecule has 0 fully saturated rings. The van der Waals surface area contributed by atoms with Crippen molar-refractivity contribution in [1.29, 1.82) is 0 Å². The van der Waals surface area contributed by atoms with Crippen LogP contribution in [-0.4, -0.2) is 6.54 Å². The molecule has 1 nitrogen and oxygen atoms in total. The Kier molecular flexibility index (Phi) is 4.10. The zero-order valence-electron chi connectivity index (χ0n) is 12.9. The van der Waals surface area contributed by atoms with Crippen LogP contribution in [0.2, 0.25) is 0 Å². The largest absolute Gasteiger partial charge is 0.364 e. The average molecular weight is 277 g/mol. The van der Waals surface area contributed by atoms with Crippen LogP contribution in [0, 0.1) is 0 Å². The molecule has 0 bridgehead atoms. The topological polar surface area (TPSA) is 3.24 Å². The van der Waals surface area contributed by atoms with Crippen LogP contribution in [0.25, 0.3) is 0 Å². The van der Waals surface area contributed by atoms with E-state index in [0.29, 0.717) is 6.04 Å². The second-order valence-corrected chi connectivity index (χ2v) is 6.01. The number of fused-ring (bicyclic) bond motifs is 1. The number of anilines is 1. The van der Waals surface area contributed by atoms with Crippen molar-refractivity contribution in [1.82, 2.24) is 0 Å². The molecule has 0 N–H and O–H groups in total. The predicted molar refractivity (Wildman–Crippen MR) is 90.7 cm³/mol. The minimum atomic E-state index is 0.451.